The summed E-state index contributed by atoms with van der Waals surface area (Å²) in [6.07, 6.45) is 1.58. The summed E-state index contributed by atoms with van der Waals surface area (Å²) in [5.41, 5.74) is 1.60. The van der Waals surface area contributed by atoms with Gasteiger partial charge in [0.1, 0.15) is 23.1 Å². The van der Waals surface area contributed by atoms with Crippen molar-refractivity contribution < 1.29 is 13.9 Å². The fourth-order valence-electron chi connectivity index (χ4n) is 3.02. The van der Waals surface area contributed by atoms with Crippen molar-refractivity contribution in [1.29, 1.82) is 0 Å². The van der Waals surface area contributed by atoms with Gasteiger partial charge in [-0.25, -0.2) is 0 Å². The first-order chi connectivity index (χ1) is 15.8. The van der Waals surface area contributed by atoms with E-state index in [1.165, 1.54) is 0 Å². The number of halogens is 4. The SMILES string of the molecule is Cc1cc(OCc2ccc(C(=O)Nc3nn(Cc4c(Cl)cccc4Cl)cc3Cl)o2)ccc1Cl. The van der Waals surface area contributed by atoms with E-state index in [-0.39, 0.29) is 23.2 Å². The predicted octanol–water partition coefficient (Wildman–Crippen LogP) is 7.28. The lowest BCUT2D eigenvalue weighted by Gasteiger charge is -2.07. The van der Waals surface area contributed by atoms with Crippen LogP contribution < -0.4 is 10.1 Å². The number of carbonyl (C=O) groups excluding carboxylic acids is 1. The van der Waals surface area contributed by atoms with Crippen molar-refractivity contribution in [3.63, 3.8) is 0 Å². The number of benzene rings is 2. The highest BCUT2D eigenvalue weighted by Crippen LogP contribution is 2.27. The fraction of sp³-hybridized carbons (Fsp3) is 0.130. The first kappa shape index (κ1) is 23.5. The van der Waals surface area contributed by atoms with Gasteiger partial charge in [0.05, 0.1) is 6.54 Å². The second-order valence-electron chi connectivity index (χ2n) is 7.14. The number of hydrogen-bond donors (Lipinski definition) is 1. The van der Waals surface area contributed by atoms with Crippen molar-refractivity contribution in [3.8, 4) is 5.75 Å². The van der Waals surface area contributed by atoms with Crippen molar-refractivity contribution in [2.24, 2.45) is 0 Å². The number of aryl methyl sites for hydroxylation is 1. The van der Waals surface area contributed by atoms with Crippen molar-refractivity contribution in [1.82, 2.24) is 9.78 Å². The standard InChI is InChI=1S/C23H17Cl4N3O3/c1-13-9-14(5-7-17(13)24)32-12-15-6-8-21(33-15)23(31)28-22-20(27)11-30(29-22)10-16-18(25)3-2-4-19(16)26/h2-9,11H,10,12H2,1H3,(H,28,29,31). The number of ether oxygens (including phenoxy) is 1. The Morgan fingerprint density at radius 3 is 2.52 bits per heavy atom. The molecule has 0 aliphatic heterocycles. The molecule has 0 saturated carbocycles. The third-order valence-corrected chi connectivity index (χ3v) is 6.14. The molecular weight excluding hydrogens is 508 g/mol. The first-order valence-corrected chi connectivity index (χ1v) is 11.3. The number of hydrogen-bond acceptors (Lipinski definition) is 4. The lowest BCUT2D eigenvalue weighted by Crippen LogP contribution is -2.12. The molecule has 2 heterocycles. The van der Waals surface area contributed by atoms with Gasteiger partial charge in [-0.3, -0.25) is 9.48 Å². The zero-order valence-electron chi connectivity index (χ0n) is 17.2. The summed E-state index contributed by atoms with van der Waals surface area (Å²) in [6.45, 7) is 2.34. The molecular formula is C23H17Cl4N3O3. The van der Waals surface area contributed by atoms with Crippen LogP contribution in [0.5, 0.6) is 5.75 Å². The number of nitrogens with one attached hydrogen (secondary N) is 1. The van der Waals surface area contributed by atoms with E-state index in [2.05, 4.69) is 10.4 Å². The van der Waals surface area contributed by atoms with E-state index in [0.29, 0.717) is 38.7 Å². The van der Waals surface area contributed by atoms with Gasteiger partial charge in [-0.15, -0.1) is 0 Å². The van der Waals surface area contributed by atoms with Gasteiger partial charge in [0.15, 0.2) is 11.6 Å². The van der Waals surface area contributed by atoms with E-state index in [1.807, 2.05) is 13.0 Å². The van der Waals surface area contributed by atoms with Crippen LogP contribution in [-0.2, 0) is 13.2 Å². The van der Waals surface area contributed by atoms with Crippen LogP contribution in [-0.4, -0.2) is 15.7 Å². The van der Waals surface area contributed by atoms with Crippen molar-refractivity contribution in [3.05, 3.63) is 97.5 Å². The molecule has 1 amide bonds. The average Bonchev–Trinajstić information content (AvgIpc) is 3.38. The number of nitrogens with zero attached hydrogens (tertiary/aromatic N) is 2. The molecule has 0 aliphatic rings. The molecule has 0 spiro atoms. The zero-order valence-corrected chi connectivity index (χ0v) is 20.3. The van der Waals surface area contributed by atoms with E-state index in [1.54, 1.807) is 53.3 Å². The maximum atomic E-state index is 12.6. The Hall–Kier alpha value is -2.64. The smallest absolute Gasteiger partial charge is 0.292 e. The van der Waals surface area contributed by atoms with Gasteiger partial charge in [0, 0.05) is 26.8 Å². The lowest BCUT2D eigenvalue weighted by atomic mass is 10.2. The predicted molar refractivity (Wildman–Crippen MR) is 130 cm³/mol. The van der Waals surface area contributed by atoms with Crippen LogP contribution in [0.1, 0.15) is 27.4 Å². The average molecular weight is 525 g/mol. The summed E-state index contributed by atoms with van der Waals surface area (Å²) in [5.74, 6) is 0.927. The summed E-state index contributed by atoms with van der Waals surface area (Å²) in [6, 6.07) is 13.8. The summed E-state index contributed by atoms with van der Waals surface area (Å²) in [7, 11) is 0. The normalized spacial score (nSPS) is 10.9. The molecule has 170 valence electrons. The van der Waals surface area contributed by atoms with Crippen molar-refractivity contribution in [2.75, 3.05) is 5.32 Å². The molecule has 4 rings (SSSR count). The van der Waals surface area contributed by atoms with E-state index < -0.39 is 5.91 Å². The molecule has 0 unspecified atom stereocenters. The minimum Gasteiger partial charge on any atom is -0.486 e. The number of anilines is 1. The molecule has 10 heteroatoms. The number of rotatable bonds is 7. The third-order valence-electron chi connectivity index (χ3n) is 4.73. The second kappa shape index (κ2) is 10.1. The van der Waals surface area contributed by atoms with Crippen molar-refractivity contribution in [2.45, 2.75) is 20.1 Å². The Bertz CT molecular complexity index is 1300. The summed E-state index contributed by atoms with van der Waals surface area (Å²) in [4.78, 5) is 12.6. The van der Waals surface area contributed by atoms with E-state index in [9.17, 15) is 4.79 Å². The second-order valence-corrected chi connectivity index (χ2v) is 8.77. The van der Waals surface area contributed by atoms with Crippen LogP contribution in [0.4, 0.5) is 5.82 Å². The van der Waals surface area contributed by atoms with Gasteiger partial charge in [0.2, 0.25) is 0 Å². The Morgan fingerprint density at radius 2 is 1.79 bits per heavy atom. The van der Waals surface area contributed by atoms with Crippen LogP contribution in [0.3, 0.4) is 0 Å². The Labute approximate surface area is 210 Å². The minimum absolute atomic E-state index is 0.0978. The van der Waals surface area contributed by atoms with E-state index in [0.717, 1.165) is 5.56 Å². The first-order valence-electron chi connectivity index (χ1n) is 9.75. The number of amides is 1. The molecule has 6 nitrogen and oxygen atoms in total. The van der Waals surface area contributed by atoms with Crippen LogP contribution in [0.25, 0.3) is 0 Å². The molecule has 0 radical (unpaired) electrons. The third kappa shape index (κ3) is 5.65. The van der Waals surface area contributed by atoms with Gasteiger partial charge in [-0.05, 0) is 55.0 Å². The van der Waals surface area contributed by atoms with E-state index >= 15 is 0 Å². The molecule has 0 atom stereocenters. The zero-order chi connectivity index (χ0) is 23.5. The molecule has 2 aromatic heterocycles. The molecule has 0 aliphatic carbocycles. The molecule has 2 aromatic carbocycles. The number of carbonyl (C=O) groups is 1. The number of aromatic nitrogens is 2. The van der Waals surface area contributed by atoms with E-state index in [4.69, 9.17) is 55.6 Å². The largest absolute Gasteiger partial charge is 0.486 e. The van der Waals surface area contributed by atoms with Crippen LogP contribution in [0.15, 0.2) is 59.1 Å². The van der Waals surface area contributed by atoms with Crippen LogP contribution >= 0.6 is 46.4 Å². The van der Waals surface area contributed by atoms with Crippen molar-refractivity contribution >= 4 is 58.1 Å². The molecule has 0 saturated heterocycles. The number of furan rings is 1. The Morgan fingerprint density at radius 1 is 1.03 bits per heavy atom. The van der Waals surface area contributed by atoms with Crippen LogP contribution in [0, 0.1) is 6.92 Å². The maximum absolute atomic E-state index is 12.6. The topological polar surface area (TPSA) is 69.3 Å². The quantitative estimate of drug-likeness (QED) is 0.276. The van der Waals surface area contributed by atoms with Gasteiger partial charge in [-0.1, -0.05) is 52.5 Å². The fourth-order valence-corrected chi connectivity index (χ4v) is 3.85. The Balaban J connectivity index is 1.39. The van der Waals surface area contributed by atoms with Gasteiger partial charge < -0.3 is 14.5 Å². The Kier molecular flexibility index (Phi) is 7.20. The molecule has 1 N–H and O–H groups in total. The maximum Gasteiger partial charge on any atom is 0.292 e. The summed E-state index contributed by atoms with van der Waals surface area (Å²) >= 11 is 24.7. The van der Waals surface area contributed by atoms with Gasteiger partial charge in [0.25, 0.3) is 5.91 Å². The highest BCUT2D eigenvalue weighted by atomic mass is 35.5. The molecule has 4 aromatic rings. The molecule has 0 bridgehead atoms. The highest BCUT2D eigenvalue weighted by molar-refractivity contribution is 6.36. The van der Waals surface area contributed by atoms with Gasteiger partial charge >= 0.3 is 0 Å². The molecule has 33 heavy (non-hydrogen) atoms. The van der Waals surface area contributed by atoms with Gasteiger partial charge in [-0.2, -0.15) is 5.10 Å². The highest BCUT2D eigenvalue weighted by Gasteiger charge is 2.17. The lowest BCUT2D eigenvalue weighted by molar-refractivity contribution is 0.0992. The minimum atomic E-state index is -0.494. The monoisotopic (exact) mass is 523 g/mol. The summed E-state index contributed by atoms with van der Waals surface area (Å²) < 4.78 is 12.8. The summed E-state index contributed by atoms with van der Waals surface area (Å²) in [5, 5.41) is 8.91. The van der Waals surface area contributed by atoms with Crippen LogP contribution in [0.2, 0.25) is 20.1 Å². The molecule has 0 fully saturated rings.